The summed E-state index contributed by atoms with van der Waals surface area (Å²) < 4.78 is 26.9. The number of Topliss-reactive ketones (excluding diaryl/α,β-unsaturated/α-hetero) is 1. The first kappa shape index (κ1) is 21.9. The monoisotopic (exact) mass is 442 g/mol. The van der Waals surface area contributed by atoms with Gasteiger partial charge in [-0.1, -0.05) is 6.08 Å². The number of hydrogen-bond donors (Lipinski definition) is 2. The van der Waals surface area contributed by atoms with Crippen LogP contribution in [0, 0.1) is 5.92 Å². The topological polar surface area (TPSA) is 93.1 Å². The van der Waals surface area contributed by atoms with E-state index < -0.39 is 30.7 Å². The molecule has 2 aromatic heterocycles. The number of halogens is 2. The smallest absolute Gasteiger partial charge is 0.258 e. The summed E-state index contributed by atoms with van der Waals surface area (Å²) in [5.41, 5.74) is 2.17. The Morgan fingerprint density at radius 2 is 2.09 bits per heavy atom. The third-order valence-corrected chi connectivity index (χ3v) is 5.85. The van der Waals surface area contributed by atoms with Crippen LogP contribution in [-0.4, -0.2) is 40.1 Å². The highest BCUT2D eigenvalue weighted by Gasteiger charge is 2.43. The Bertz CT molecular complexity index is 1220. The summed E-state index contributed by atoms with van der Waals surface area (Å²) in [4.78, 5) is 41.5. The molecule has 168 valence electrons. The number of carbonyl (C=O) groups excluding carboxylic acids is 2. The van der Waals surface area contributed by atoms with Crippen LogP contribution < -0.4 is 16.2 Å². The number of fused-ring (bicyclic) bond motifs is 1. The predicted octanol–water partition coefficient (Wildman–Crippen LogP) is 2.81. The van der Waals surface area contributed by atoms with Crippen LogP contribution in [0.1, 0.15) is 31.7 Å². The minimum atomic E-state index is -1.10. The molecule has 32 heavy (non-hydrogen) atoms. The Balaban J connectivity index is 1.61. The van der Waals surface area contributed by atoms with Gasteiger partial charge < -0.3 is 15.2 Å². The van der Waals surface area contributed by atoms with E-state index in [9.17, 15) is 23.2 Å². The van der Waals surface area contributed by atoms with Gasteiger partial charge in [-0.3, -0.25) is 18.8 Å². The van der Waals surface area contributed by atoms with Crippen LogP contribution in [-0.2, 0) is 16.6 Å². The molecule has 2 aromatic rings. The molecule has 9 heteroatoms. The largest absolute Gasteiger partial charge is 0.378 e. The molecule has 1 fully saturated rings. The number of pyridine rings is 2. The van der Waals surface area contributed by atoms with Gasteiger partial charge in [0.15, 0.2) is 5.78 Å². The van der Waals surface area contributed by atoms with E-state index in [-0.39, 0.29) is 36.4 Å². The van der Waals surface area contributed by atoms with E-state index in [2.05, 4.69) is 15.6 Å². The molecule has 2 N–H and O–H groups in total. The first-order chi connectivity index (χ1) is 15.3. The SMILES string of the molecule is CC1=CC(C(=O)CCCF)NC=C1c1cc2cnc(NC(=O)C3CC3F)cc2n(C)c1=O. The van der Waals surface area contributed by atoms with Crippen molar-refractivity contribution in [3.05, 3.63) is 52.1 Å². The maximum Gasteiger partial charge on any atom is 0.258 e. The summed E-state index contributed by atoms with van der Waals surface area (Å²) >= 11 is 0. The lowest BCUT2D eigenvalue weighted by Crippen LogP contribution is -2.34. The van der Waals surface area contributed by atoms with E-state index in [0.29, 0.717) is 22.0 Å². The zero-order valence-electron chi connectivity index (χ0n) is 17.8. The van der Waals surface area contributed by atoms with Crippen molar-refractivity contribution in [2.24, 2.45) is 13.0 Å². The van der Waals surface area contributed by atoms with Gasteiger partial charge >= 0.3 is 0 Å². The second-order valence-electron chi connectivity index (χ2n) is 8.21. The molecule has 1 amide bonds. The number of ketones is 1. The molecule has 0 spiro atoms. The molecule has 7 nitrogen and oxygen atoms in total. The molecule has 3 heterocycles. The highest BCUT2D eigenvalue weighted by molar-refractivity contribution is 5.96. The lowest BCUT2D eigenvalue weighted by Gasteiger charge is -2.22. The van der Waals surface area contributed by atoms with Crippen molar-refractivity contribution in [1.29, 1.82) is 0 Å². The summed E-state index contributed by atoms with van der Waals surface area (Å²) in [5, 5.41) is 6.28. The third kappa shape index (κ3) is 4.19. The van der Waals surface area contributed by atoms with Crippen LogP contribution in [0.15, 0.2) is 41.0 Å². The number of allylic oxidation sites excluding steroid dienone is 2. The molecule has 4 rings (SSSR count). The van der Waals surface area contributed by atoms with Crippen LogP contribution in [0.5, 0.6) is 0 Å². The van der Waals surface area contributed by atoms with Crippen LogP contribution >= 0.6 is 0 Å². The summed E-state index contributed by atoms with van der Waals surface area (Å²) in [5.74, 6) is -0.894. The van der Waals surface area contributed by atoms with Gasteiger partial charge in [0.1, 0.15) is 18.0 Å². The second-order valence-corrected chi connectivity index (χ2v) is 8.21. The first-order valence-corrected chi connectivity index (χ1v) is 10.5. The molecular formula is C23H24F2N4O3. The molecule has 3 unspecified atom stereocenters. The fourth-order valence-electron chi connectivity index (χ4n) is 3.83. The fraction of sp³-hybridized carbons (Fsp3) is 0.391. The number of nitrogens with zero attached hydrogens (tertiary/aromatic N) is 2. The van der Waals surface area contributed by atoms with Crippen LogP contribution in [0.25, 0.3) is 16.5 Å². The lowest BCUT2D eigenvalue weighted by molar-refractivity contribution is -0.120. The maximum absolute atomic E-state index is 13.1. The first-order valence-electron chi connectivity index (χ1n) is 10.5. The summed E-state index contributed by atoms with van der Waals surface area (Å²) in [7, 11) is 1.62. The average molecular weight is 442 g/mol. The van der Waals surface area contributed by atoms with E-state index in [1.54, 1.807) is 37.7 Å². The summed E-state index contributed by atoms with van der Waals surface area (Å²) in [6.45, 7) is 1.28. The van der Waals surface area contributed by atoms with Gasteiger partial charge in [0.25, 0.3) is 5.56 Å². The van der Waals surface area contributed by atoms with Crippen molar-refractivity contribution >= 4 is 34.0 Å². The molecular weight excluding hydrogens is 418 g/mol. The molecule has 1 saturated carbocycles. The number of hydrogen-bond acceptors (Lipinski definition) is 5. The minimum absolute atomic E-state index is 0.104. The number of amides is 1. The highest BCUT2D eigenvalue weighted by atomic mass is 19.1. The average Bonchev–Trinajstić information content (AvgIpc) is 3.51. The van der Waals surface area contributed by atoms with Crippen LogP contribution in [0.3, 0.4) is 0 Å². The van der Waals surface area contributed by atoms with Crippen molar-refractivity contribution in [2.45, 2.75) is 38.4 Å². The van der Waals surface area contributed by atoms with Gasteiger partial charge in [-0.15, -0.1) is 0 Å². The molecule has 0 saturated heterocycles. The van der Waals surface area contributed by atoms with Crippen molar-refractivity contribution < 1.29 is 18.4 Å². The number of aromatic nitrogens is 2. The molecule has 3 atom stereocenters. The number of alkyl halides is 2. The minimum Gasteiger partial charge on any atom is -0.378 e. The van der Waals surface area contributed by atoms with Gasteiger partial charge in [-0.25, -0.2) is 9.37 Å². The standard InChI is InChI=1S/C23H24F2N4O3/c1-12-6-18(20(30)4-3-5-24)26-11-16(12)14-7-13-10-27-21(9-19(13)29(2)23(14)32)28-22(31)15-8-17(15)25/h6-7,9-11,15,17-18,26H,3-5,8H2,1-2H3,(H,27,28,31). The number of carbonyl (C=O) groups is 2. The van der Waals surface area contributed by atoms with Gasteiger partial charge in [0.2, 0.25) is 5.91 Å². The van der Waals surface area contributed by atoms with Crippen LogP contribution in [0.2, 0.25) is 0 Å². The van der Waals surface area contributed by atoms with Crippen molar-refractivity contribution in [1.82, 2.24) is 14.9 Å². The van der Waals surface area contributed by atoms with Crippen molar-refractivity contribution in [3.8, 4) is 0 Å². The molecule has 2 aliphatic rings. The predicted molar refractivity (Wildman–Crippen MR) is 117 cm³/mol. The maximum atomic E-state index is 13.1. The second kappa shape index (κ2) is 8.64. The van der Waals surface area contributed by atoms with E-state index in [0.717, 1.165) is 5.57 Å². The number of rotatable bonds is 7. The van der Waals surface area contributed by atoms with Gasteiger partial charge in [-0.2, -0.15) is 0 Å². The van der Waals surface area contributed by atoms with Gasteiger partial charge in [-0.05, 0) is 31.4 Å². The number of nitrogens with one attached hydrogen (secondary N) is 2. The van der Waals surface area contributed by atoms with E-state index >= 15 is 0 Å². The molecule has 1 aliphatic carbocycles. The Morgan fingerprint density at radius 1 is 1.34 bits per heavy atom. The highest BCUT2D eigenvalue weighted by Crippen LogP contribution is 2.34. The van der Waals surface area contributed by atoms with E-state index in [1.165, 1.54) is 4.57 Å². The summed E-state index contributed by atoms with van der Waals surface area (Å²) in [6.07, 6.45) is 4.39. The Morgan fingerprint density at radius 3 is 2.75 bits per heavy atom. The Labute approximate surface area is 183 Å². The number of dihydropyridines is 1. The van der Waals surface area contributed by atoms with Crippen LogP contribution in [0.4, 0.5) is 14.6 Å². The third-order valence-electron chi connectivity index (χ3n) is 5.85. The van der Waals surface area contributed by atoms with Crippen molar-refractivity contribution in [2.75, 3.05) is 12.0 Å². The van der Waals surface area contributed by atoms with E-state index in [4.69, 9.17) is 0 Å². The Hall–Kier alpha value is -3.36. The normalized spacial score (nSPS) is 22.1. The zero-order valence-corrected chi connectivity index (χ0v) is 17.8. The summed E-state index contributed by atoms with van der Waals surface area (Å²) in [6, 6.07) is 2.76. The van der Waals surface area contributed by atoms with Gasteiger partial charge in [0, 0.05) is 48.5 Å². The molecule has 0 aromatic carbocycles. The fourth-order valence-corrected chi connectivity index (χ4v) is 3.83. The Kier molecular flexibility index (Phi) is 5.90. The lowest BCUT2D eigenvalue weighted by atomic mass is 9.94. The molecule has 1 aliphatic heterocycles. The molecule has 0 radical (unpaired) electrons. The van der Waals surface area contributed by atoms with Crippen molar-refractivity contribution in [3.63, 3.8) is 0 Å². The molecule has 0 bridgehead atoms. The quantitative estimate of drug-likeness (QED) is 0.688. The number of anilines is 1. The number of aryl methyl sites for hydroxylation is 1. The van der Waals surface area contributed by atoms with E-state index in [1.807, 2.05) is 6.92 Å². The van der Waals surface area contributed by atoms with Gasteiger partial charge in [0.05, 0.1) is 18.1 Å². The zero-order chi connectivity index (χ0) is 23.0.